The maximum Gasteiger partial charge on any atom is 0.240 e. The number of aromatic nitrogens is 4. The molecule has 0 saturated carbocycles. The quantitative estimate of drug-likeness (QED) is 0.435. The second kappa shape index (κ2) is 6.20. The van der Waals surface area contributed by atoms with Gasteiger partial charge >= 0.3 is 0 Å². The number of hydrogen-bond donors (Lipinski definition) is 4. The van der Waals surface area contributed by atoms with Gasteiger partial charge in [-0.1, -0.05) is 0 Å². The van der Waals surface area contributed by atoms with Gasteiger partial charge in [0, 0.05) is 6.20 Å². The highest BCUT2D eigenvalue weighted by molar-refractivity contribution is 7.89. The van der Waals surface area contributed by atoms with Crippen LogP contribution in [0.15, 0.2) is 29.3 Å². The van der Waals surface area contributed by atoms with Crippen molar-refractivity contribution < 1.29 is 13.5 Å². The summed E-state index contributed by atoms with van der Waals surface area (Å²) in [7, 11) is -2.37. The fraction of sp³-hybridized carbons (Fsp3) is 0.0909. The highest BCUT2D eigenvalue weighted by atomic mass is 32.2. The van der Waals surface area contributed by atoms with Crippen molar-refractivity contribution in [1.29, 1.82) is 5.26 Å². The molecule has 114 valence electrons. The predicted octanol–water partition coefficient (Wildman–Crippen LogP) is -0.210. The van der Waals surface area contributed by atoms with Crippen molar-refractivity contribution in [2.24, 2.45) is 0 Å². The zero-order valence-electron chi connectivity index (χ0n) is 11.3. The van der Waals surface area contributed by atoms with Gasteiger partial charge in [-0.05, 0) is 30.5 Å². The summed E-state index contributed by atoms with van der Waals surface area (Å²) in [5, 5.41) is 34.2. The van der Waals surface area contributed by atoms with Crippen molar-refractivity contribution >= 4 is 21.3 Å². The van der Waals surface area contributed by atoms with Gasteiger partial charge in [-0.2, -0.15) is 10.5 Å². The monoisotopic (exact) mass is 321 g/mol. The molecule has 0 unspecified atom stereocenters. The van der Waals surface area contributed by atoms with Crippen molar-refractivity contribution in [3.8, 4) is 11.8 Å². The smallest absolute Gasteiger partial charge is 0.240 e. The molecule has 0 aliphatic carbocycles. The Morgan fingerprint density at radius 3 is 2.86 bits per heavy atom. The van der Waals surface area contributed by atoms with Gasteiger partial charge < -0.3 is 10.4 Å². The predicted molar refractivity (Wildman–Crippen MR) is 75.7 cm³/mol. The number of anilines is 1. The molecule has 0 radical (unpaired) electrons. The van der Waals surface area contributed by atoms with Crippen molar-refractivity contribution in [3.63, 3.8) is 0 Å². The Morgan fingerprint density at radius 1 is 1.50 bits per heavy atom. The fourth-order valence-electron chi connectivity index (χ4n) is 1.49. The number of H-pyrrole nitrogens is 1. The van der Waals surface area contributed by atoms with Gasteiger partial charge in [0.25, 0.3) is 0 Å². The molecule has 0 aliphatic rings. The fourth-order valence-corrected chi connectivity index (χ4v) is 2.24. The molecule has 1 aromatic heterocycles. The average molecular weight is 321 g/mol. The third-order valence-electron chi connectivity index (χ3n) is 2.63. The van der Waals surface area contributed by atoms with Crippen LogP contribution >= 0.6 is 0 Å². The van der Waals surface area contributed by atoms with Crippen LogP contribution in [0.2, 0.25) is 0 Å². The first kappa shape index (κ1) is 15.4. The molecule has 0 aliphatic heterocycles. The molecule has 0 atom stereocenters. The van der Waals surface area contributed by atoms with E-state index in [9.17, 15) is 13.5 Å². The maximum absolute atomic E-state index is 11.7. The summed E-state index contributed by atoms with van der Waals surface area (Å²) in [6.45, 7) is 0. The lowest BCUT2D eigenvalue weighted by atomic mass is 10.2. The number of benzene rings is 1. The van der Waals surface area contributed by atoms with Crippen LogP contribution in [0, 0.1) is 11.3 Å². The van der Waals surface area contributed by atoms with Crippen molar-refractivity contribution in [2.45, 2.75) is 4.90 Å². The molecule has 2 rings (SSSR count). The molecule has 0 saturated heterocycles. The Bertz CT molecular complexity index is 837. The van der Waals surface area contributed by atoms with E-state index in [1.165, 1.54) is 31.4 Å². The normalized spacial score (nSPS) is 11.9. The summed E-state index contributed by atoms with van der Waals surface area (Å²) in [6, 6.07) is 5.55. The van der Waals surface area contributed by atoms with Crippen LogP contribution in [0.5, 0.6) is 5.75 Å². The number of nitrogens with zero attached hydrogens (tertiary/aromatic N) is 4. The first-order chi connectivity index (χ1) is 10.5. The minimum Gasteiger partial charge on any atom is -0.506 e. The lowest BCUT2D eigenvalue weighted by Gasteiger charge is -2.08. The lowest BCUT2D eigenvalue weighted by Crippen LogP contribution is -2.18. The van der Waals surface area contributed by atoms with E-state index in [0.29, 0.717) is 0 Å². The van der Waals surface area contributed by atoms with Crippen LogP contribution in [-0.4, -0.2) is 41.2 Å². The number of sulfonamides is 1. The van der Waals surface area contributed by atoms with Gasteiger partial charge in [-0.3, -0.25) is 0 Å². The zero-order chi connectivity index (χ0) is 16.2. The third-order valence-corrected chi connectivity index (χ3v) is 4.04. The molecule has 0 fully saturated rings. The van der Waals surface area contributed by atoms with E-state index in [0.717, 1.165) is 0 Å². The Morgan fingerprint density at radius 2 is 2.27 bits per heavy atom. The van der Waals surface area contributed by atoms with E-state index in [4.69, 9.17) is 5.26 Å². The van der Waals surface area contributed by atoms with E-state index in [1.54, 1.807) is 0 Å². The van der Waals surface area contributed by atoms with Crippen molar-refractivity contribution in [1.82, 2.24) is 25.3 Å². The third kappa shape index (κ3) is 3.19. The maximum atomic E-state index is 11.7. The summed E-state index contributed by atoms with van der Waals surface area (Å²) >= 11 is 0. The second-order valence-electron chi connectivity index (χ2n) is 3.94. The van der Waals surface area contributed by atoms with E-state index >= 15 is 0 Å². The van der Waals surface area contributed by atoms with E-state index in [-0.39, 0.29) is 27.7 Å². The minimum absolute atomic E-state index is 0.0400. The SMILES string of the molecule is CNS(=O)(=O)c1ccc(O)c(NC=C(C#N)c2nn[nH]n2)c1. The second-order valence-corrected chi connectivity index (χ2v) is 5.82. The van der Waals surface area contributed by atoms with Gasteiger partial charge in [0.05, 0.1) is 10.6 Å². The van der Waals surface area contributed by atoms with Gasteiger partial charge in [-0.15, -0.1) is 10.2 Å². The van der Waals surface area contributed by atoms with Crippen molar-refractivity contribution in [2.75, 3.05) is 12.4 Å². The van der Waals surface area contributed by atoms with E-state index < -0.39 is 10.0 Å². The number of allylic oxidation sites excluding steroid dienone is 1. The van der Waals surface area contributed by atoms with E-state index in [1.807, 2.05) is 6.07 Å². The number of phenols is 1. The Kier molecular flexibility index (Phi) is 4.35. The summed E-state index contributed by atoms with van der Waals surface area (Å²) in [5.74, 6) is -0.120. The van der Waals surface area contributed by atoms with Crippen LogP contribution in [0.4, 0.5) is 5.69 Å². The standard InChI is InChI=1S/C11H11N7O3S/c1-13-22(20,21)8-2-3-10(19)9(4-8)14-6-7(5-12)11-15-17-18-16-11/h2-4,6,13-14,19H,1H3,(H,15,16,17,18). The van der Waals surface area contributed by atoms with Crippen LogP contribution < -0.4 is 10.0 Å². The molecular weight excluding hydrogens is 310 g/mol. The minimum atomic E-state index is -3.65. The van der Waals surface area contributed by atoms with Gasteiger partial charge in [0.15, 0.2) is 0 Å². The highest BCUT2D eigenvalue weighted by Gasteiger charge is 2.14. The molecule has 0 bridgehead atoms. The number of aromatic amines is 1. The Balaban J connectivity index is 2.34. The summed E-state index contributed by atoms with van der Waals surface area (Å²) in [5.41, 5.74) is 0.155. The lowest BCUT2D eigenvalue weighted by molar-refractivity contribution is 0.477. The van der Waals surface area contributed by atoms with Crippen LogP contribution in [0.25, 0.3) is 5.57 Å². The number of rotatable bonds is 5. The molecule has 22 heavy (non-hydrogen) atoms. The average Bonchev–Trinajstić information content (AvgIpc) is 3.03. The first-order valence-corrected chi connectivity index (χ1v) is 7.33. The molecular formula is C11H11N7O3S. The zero-order valence-corrected chi connectivity index (χ0v) is 12.1. The molecule has 0 spiro atoms. The number of phenolic OH excluding ortho intramolecular Hbond substituents is 1. The highest BCUT2D eigenvalue weighted by Crippen LogP contribution is 2.26. The topological polar surface area (TPSA) is 157 Å². The molecule has 1 heterocycles. The molecule has 0 amide bonds. The van der Waals surface area contributed by atoms with Crippen molar-refractivity contribution in [3.05, 3.63) is 30.2 Å². The number of hydrogen-bond acceptors (Lipinski definition) is 8. The van der Waals surface area contributed by atoms with Crippen LogP contribution in [0.1, 0.15) is 5.82 Å². The van der Waals surface area contributed by atoms with Gasteiger partial charge in [-0.25, -0.2) is 13.1 Å². The Labute approximate surface area is 125 Å². The van der Waals surface area contributed by atoms with Gasteiger partial charge in [0.1, 0.15) is 17.4 Å². The number of aromatic hydroxyl groups is 1. The molecule has 11 heteroatoms. The Hall–Kier alpha value is -2.97. The summed E-state index contributed by atoms with van der Waals surface area (Å²) in [4.78, 5) is -0.0400. The summed E-state index contributed by atoms with van der Waals surface area (Å²) < 4.78 is 25.6. The largest absolute Gasteiger partial charge is 0.506 e. The summed E-state index contributed by atoms with van der Waals surface area (Å²) in [6.07, 6.45) is 1.23. The molecule has 2 aromatic rings. The van der Waals surface area contributed by atoms with E-state index in [2.05, 4.69) is 30.7 Å². The number of nitrogens with one attached hydrogen (secondary N) is 3. The van der Waals surface area contributed by atoms with Gasteiger partial charge in [0.2, 0.25) is 15.8 Å². The van der Waals surface area contributed by atoms with Crippen LogP contribution in [0.3, 0.4) is 0 Å². The number of tetrazole rings is 1. The number of nitriles is 1. The molecule has 1 aromatic carbocycles. The van der Waals surface area contributed by atoms with Crippen LogP contribution in [-0.2, 0) is 10.0 Å². The molecule has 10 nitrogen and oxygen atoms in total. The molecule has 4 N–H and O–H groups in total. The first-order valence-electron chi connectivity index (χ1n) is 5.85.